The molecule has 1 aliphatic rings. The molecular weight excluding hydrogens is 385 g/mol. The summed E-state index contributed by atoms with van der Waals surface area (Å²) >= 11 is 0. The van der Waals surface area contributed by atoms with Crippen LogP contribution in [0.4, 0.5) is 18.9 Å². The molecule has 0 aliphatic carbocycles. The van der Waals surface area contributed by atoms with Crippen LogP contribution >= 0.6 is 0 Å². The molecule has 0 saturated heterocycles. The largest absolute Gasteiger partial charge is 0.344 e. The Kier molecular flexibility index (Phi) is 5.27. The zero-order valence-corrected chi connectivity index (χ0v) is 16.6. The van der Waals surface area contributed by atoms with E-state index >= 15 is 0 Å². The van der Waals surface area contributed by atoms with Crippen LogP contribution in [0.2, 0.25) is 0 Å². The molecule has 1 aromatic heterocycles. The van der Waals surface area contributed by atoms with E-state index in [4.69, 9.17) is 0 Å². The third-order valence-electron chi connectivity index (χ3n) is 5.21. The molecule has 0 amide bonds. The number of para-hydroxylation sites is 2. The molecule has 0 fully saturated rings. The molecule has 4 rings (SSSR count). The average molecular weight is 405 g/mol. The molecule has 1 aliphatic heterocycles. The van der Waals surface area contributed by atoms with E-state index in [9.17, 15) is 13.2 Å². The monoisotopic (exact) mass is 405 g/mol. The number of hydrogen-bond donors (Lipinski definition) is 0. The number of anilines is 1. The average Bonchev–Trinajstić information content (AvgIpc) is 2.77. The van der Waals surface area contributed by atoms with Gasteiger partial charge in [-0.05, 0) is 29.8 Å². The number of aryl methyl sites for hydroxylation is 1. The fourth-order valence-corrected chi connectivity index (χ4v) is 3.51. The van der Waals surface area contributed by atoms with E-state index in [1.54, 1.807) is 35.7 Å². The zero-order chi connectivity index (χ0) is 21.3. The number of aromatic nitrogens is 1. The van der Waals surface area contributed by atoms with Crippen LogP contribution < -0.4 is 9.47 Å². The van der Waals surface area contributed by atoms with Crippen molar-refractivity contribution in [3.63, 3.8) is 0 Å². The van der Waals surface area contributed by atoms with Gasteiger partial charge >= 0.3 is 0 Å². The Labute approximate surface area is 173 Å². The van der Waals surface area contributed by atoms with Crippen LogP contribution in [0.15, 0.2) is 96.0 Å². The number of benzene rings is 2. The highest BCUT2D eigenvalue weighted by Gasteiger charge is 2.18. The van der Waals surface area contributed by atoms with Crippen LogP contribution in [0.1, 0.15) is 11.3 Å². The van der Waals surface area contributed by atoms with Crippen molar-refractivity contribution in [2.75, 3.05) is 11.9 Å². The number of halogens is 3. The maximum Gasteiger partial charge on any atom is 0.212 e. The first-order chi connectivity index (χ1) is 14.5. The molecule has 150 valence electrons. The summed E-state index contributed by atoms with van der Waals surface area (Å²) in [5.74, 6) is -4.06. The van der Waals surface area contributed by atoms with Crippen LogP contribution in [0, 0.1) is 0 Å². The van der Waals surface area contributed by atoms with E-state index in [0.29, 0.717) is 11.4 Å². The van der Waals surface area contributed by atoms with Gasteiger partial charge in [-0.3, -0.25) is 0 Å². The van der Waals surface area contributed by atoms with Crippen molar-refractivity contribution >= 4 is 28.7 Å². The highest BCUT2D eigenvalue weighted by molar-refractivity contribution is 5.77. The molecule has 30 heavy (non-hydrogen) atoms. The predicted molar refractivity (Wildman–Crippen MR) is 115 cm³/mol. The summed E-state index contributed by atoms with van der Waals surface area (Å²) in [4.78, 5) is 1.73. The molecule has 0 atom stereocenters. The minimum absolute atomic E-state index is 0.422. The summed E-state index contributed by atoms with van der Waals surface area (Å²) in [5.41, 5.74) is 3.53. The molecule has 0 unspecified atom stereocenters. The first-order valence-electron chi connectivity index (χ1n) is 9.49. The second kappa shape index (κ2) is 8.03. The summed E-state index contributed by atoms with van der Waals surface area (Å²) in [6, 6.07) is 18.6. The van der Waals surface area contributed by atoms with Crippen molar-refractivity contribution in [1.82, 2.24) is 0 Å². The highest BCUT2D eigenvalue weighted by atomic mass is 19.2. The highest BCUT2D eigenvalue weighted by Crippen LogP contribution is 2.31. The first kappa shape index (κ1) is 19.7. The van der Waals surface area contributed by atoms with E-state index < -0.39 is 17.5 Å². The number of hydrogen-bond acceptors (Lipinski definition) is 1. The summed E-state index contributed by atoms with van der Waals surface area (Å²) in [7, 11) is 3.50. The number of fused-ring (bicyclic) bond motifs is 2. The van der Waals surface area contributed by atoms with E-state index in [1.165, 1.54) is 0 Å². The Morgan fingerprint density at radius 3 is 2.47 bits per heavy atom. The van der Waals surface area contributed by atoms with Gasteiger partial charge in [0.05, 0.1) is 0 Å². The summed E-state index contributed by atoms with van der Waals surface area (Å²) in [6.45, 7) is 0. The molecule has 2 heterocycles. The molecule has 0 saturated carbocycles. The summed E-state index contributed by atoms with van der Waals surface area (Å²) in [6.07, 6.45) is 5.47. The van der Waals surface area contributed by atoms with Crippen LogP contribution in [0.5, 0.6) is 0 Å². The van der Waals surface area contributed by atoms with E-state index in [2.05, 4.69) is 0 Å². The van der Waals surface area contributed by atoms with Crippen molar-refractivity contribution in [2.45, 2.75) is 0 Å². The Morgan fingerprint density at radius 2 is 1.63 bits per heavy atom. The SMILES string of the molecule is CN1/C(=C/C(F)=C(F)/C(F)=C\c2ccc3ccccc3[n+]2C)C=Cc2ccccc21. The topological polar surface area (TPSA) is 7.12 Å². The van der Waals surface area contributed by atoms with Gasteiger partial charge in [-0.1, -0.05) is 36.4 Å². The molecule has 2 aromatic carbocycles. The van der Waals surface area contributed by atoms with Crippen LogP contribution in [-0.2, 0) is 7.05 Å². The van der Waals surface area contributed by atoms with Gasteiger partial charge in [-0.25, -0.2) is 13.2 Å². The molecule has 0 bridgehead atoms. The number of nitrogens with zero attached hydrogens (tertiary/aromatic N) is 2. The summed E-state index contributed by atoms with van der Waals surface area (Å²) < 4.78 is 45.2. The minimum Gasteiger partial charge on any atom is -0.344 e. The van der Waals surface area contributed by atoms with Crippen molar-refractivity contribution in [2.24, 2.45) is 7.05 Å². The zero-order valence-electron chi connectivity index (χ0n) is 16.6. The molecule has 0 radical (unpaired) electrons. The van der Waals surface area contributed by atoms with E-state index in [1.807, 2.05) is 60.7 Å². The fraction of sp³-hybridized carbons (Fsp3) is 0.0800. The van der Waals surface area contributed by atoms with Gasteiger partial charge in [0.15, 0.2) is 17.5 Å². The lowest BCUT2D eigenvalue weighted by Gasteiger charge is -2.26. The third-order valence-corrected chi connectivity index (χ3v) is 5.21. The van der Waals surface area contributed by atoms with Crippen molar-refractivity contribution in [1.29, 1.82) is 0 Å². The summed E-state index contributed by atoms with van der Waals surface area (Å²) in [5, 5.41) is 0.969. The van der Waals surface area contributed by atoms with Gasteiger partial charge in [-0.15, -0.1) is 0 Å². The predicted octanol–water partition coefficient (Wildman–Crippen LogP) is 6.17. The fourth-order valence-electron chi connectivity index (χ4n) is 3.51. The van der Waals surface area contributed by atoms with Crippen LogP contribution in [0.25, 0.3) is 23.1 Å². The molecule has 3 aromatic rings. The molecular formula is C25H20F3N2+. The normalized spacial score (nSPS) is 16.1. The lowest BCUT2D eigenvalue weighted by atomic mass is 10.1. The van der Waals surface area contributed by atoms with Crippen molar-refractivity contribution in [3.05, 3.63) is 107 Å². The Morgan fingerprint density at radius 1 is 0.900 bits per heavy atom. The Balaban J connectivity index is 1.67. The van der Waals surface area contributed by atoms with Gasteiger partial charge in [0, 0.05) is 48.1 Å². The molecule has 2 nitrogen and oxygen atoms in total. The standard InChI is InChI=1S/C25H20F3N2/c1-29-19(13-11-17-7-3-5-9-23(17)29)15-21(26)25(28)22(27)16-20-14-12-18-8-4-6-10-24(18)30(20)2/h3-16H,1-2H3/q+1. The van der Waals surface area contributed by atoms with Gasteiger partial charge in [-0.2, -0.15) is 4.57 Å². The van der Waals surface area contributed by atoms with Crippen molar-refractivity contribution in [3.8, 4) is 0 Å². The van der Waals surface area contributed by atoms with Crippen LogP contribution in [-0.4, -0.2) is 7.05 Å². The van der Waals surface area contributed by atoms with Gasteiger partial charge in [0.2, 0.25) is 11.2 Å². The smallest absolute Gasteiger partial charge is 0.212 e. The van der Waals surface area contributed by atoms with Gasteiger partial charge < -0.3 is 4.90 Å². The lowest BCUT2D eigenvalue weighted by Crippen LogP contribution is -2.32. The number of likely N-dealkylation sites (N-methyl/N-ethyl adjacent to an activating group) is 1. The molecule has 0 N–H and O–H groups in total. The van der Waals surface area contributed by atoms with Gasteiger partial charge in [0.1, 0.15) is 7.05 Å². The minimum atomic E-state index is -1.53. The van der Waals surface area contributed by atoms with Crippen molar-refractivity contribution < 1.29 is 17.7 Å². The lowest BCUT2D eigenvalue weighted by molar-refractivity contribution is -0.646. The quantitative estimate of drug-likeness (QED) is 0.373. The maximum atomic E-state index is 14.5. The second-order valence-corrected chi connectivity index (χ2v) is 7.05. The number of pyridine rings is 1. The number of rotatable bonds is 3. The Bertz CT molecular complexity index is 1250. The second-order valence-electron chi connectivity index (χ2n) is 7.05. The van der Waals surface area contributed by atoms with Crippen LogP contribution in [0.3, 0.4) is 0 Å². The third kappa shape index (κ3) is 3.66. The Hall–Kier alpha value is -3.60. The first-order valence-corrected chi connectivity index (χ1v) is 9.49. The number of allylic oxidation sites excluding steroid dienone is 5. The van der Waals surface area contributed by atoms with Gasteiger partial charge in [0.25, 0.3) is 0 Å². The molecule has 5 heteroatoms. The molecule has 0 spiro atoms. The maximum absolute atomic E-state index is 14.5. The van der Waals surface area contributed by atoms with E-state index in [-0.39, 0.29) is 0 Å². The van der Waals surface area contributed by atoms with E-state index in [0.717, 1.165) is 34.3 Å².